The van der Waals surface area contributed by atoms with Gasteiger partial charge in [-0.25, -0.2) is 0 Å². The first kappa shape index (κ1) is 23.5. The number of carbonyl (C=O) groups is 2. The van der Waals surface area contributed by atoms with Crippen molar-refractivity contribution in [3.8, 4) is 6.07 Å². The molecule has 1 unspecified atom stereocenters. The van der Waals surface area contributed by atoms with Crippen LogP contribution in [0.2, 0.25) is 0 Å². The molecule has 1 aliphatic rings. The zero-order valence-corrected chi connectivity index (χ0v) is 19.2. The summed E-state index contributed by atoms with van der Waals surface area (Å²) in [4.78, 5) is 31.9. The maximum absolute atomic E-state index is 13.3. The van der Waals surface area contributed by atoms with Gasteiger partial charge < -0.3 is 9.80 Å². The zero-order chi connectivity index (χ0) is 23.1. The second-order valence-electron chi connectivity index (χ2n) is 8.51. The third kappa shape index (κ3) is 5.54. The van der Waals surface area contributed by atoms with Gasteiger partial charge in [-0.3, -0.25) is 14.5 Å². The molecule has 0 aromatic heterocycles. The minimum absolute atomic E-state index is 0.0181. The molecular formula is C26H32N4O2. The van der Waals surface area contributed by atoms with Gasteiger partial charge in [-0.2, -0.15) is 5.26 Å². The van der Waals surface area contributed by atoms with E-state index in [4.69, 9.17) is 5.26 Å². The Labute approximate surface area is 191 Å². The molecular weight excluding hydrogens is 400 g/mol. The van der Waals surface area contributed by atoms with Crippen LogP contribution in [0.15, 0.2) is 54.6 Å². The summed E-state index contributed by atoms with van der Waals surface area (Å²) in [7, 11) is 0. The number of amides is 2. The molecule has 1 aliphatic heterocycles. The van der Waals surface area contributed by atoms with Crippen molar-refractivity contribution in [2.75, 3.05) is 37.6 Å². The van der Waals surface area contributed by atoms with Crippen LogP contribution in [0, 0.1) is 11.3 Å². The Morgan fingerprint density at radius 1 is 0.969 bits per heavy atom. The fourth-order valence-electron chi connectivity index (χ4n) is 4.02. The van der Waals surface area contributed by atoms with Crippen LogP contribution in [0.1, 0.15) is 49.0 Å². The number of nitriles is 1. The van der Waals surface area contributed by atoms with Crippen molar-refractivity contribution in [3.05, 3.63) is 65.7 Å². The fourth-order valence-corrected chi connectivity index (χ4v) is 4.02. The number of nitrogens with zero attached hydrogens (tertiary/aromatic N) is 4. The van der Waals surface area contributed by atoms with Crippen molar-refractivity contribution < 1.29 is 9.59 Å². The average molecular weight is 433 g/mol. The molecule has 6 nitrogen and oxygen atoms in total. The molecule has 168 valence electrons. The fraction of sp³-hybridized carbons (Fsp3) is 0.423. The van der Waals surface area contributed by atoms with Crippen LogP contribution in [0.25, 0.3) is 0 Å². The second-order valence-corrected chi connectivity index (χ2v) is 8.51. The maximum Gasteiger partial charge on any atom is 0.253 e. The Kier molecular flexibility index (Phi) is 8.02. The summed E-state index contributed by atoms with van der Waals surface area (Å²) in [5.41, 5.74) is 2.73. The highest BCUT2D eigenvalue weighted by Crippen LogP contribution is 2.19. The van der Waals surface area contributed by atoms with Gasteiger partial charge in [0, 0.05) is 44.0 Å². The first-order chi connectivity index (χ1) is 15.4. The number of para-hydroxylation sites is 1. The minimum atomic E-state index is -0.323. The van der Waals surface area contributed by atoms with Gasteiger partial charge in [0.2, 0.25) is 5.91 Å². The van der Waals surface area contributed by atoms with E-state index in [1.807, 2.05) is 66.4 Å². The van der Waals surface area contributed by atoms with Crippen molar-refractivity contribution in [2.24, 2.45) is 0 Å². The summed E-state index contributed by atoms with van der Waals surface area (Å²) in [6, 6.07) is 19.1. The number of benzene rings is 2. The van der Waals surface area contributed by atoms with Crippen LogP contribution in [-0.4, -0.2) is 60.4 Å². The summed E-state index contributed by atoms with van der Waals surface area (Å²) < 4.78 is 0. The van der Waals surface area contributed by atoms with E-state index in [2.05, 4.69) is 24.8 Å². The van der Waals surface area contributed by atoms with Crippen molar-refractivity contribution in [1.29, 1.82) is 5.26 Å². The minimum Gasteiger partial charge on any atom is -0.336 e. The number of hydrogen-bond acceptors (Lipinski definition) is 4. The Bertz CT molecular complexity index is 942. The Hall–Kier alpha value is -3.17. The van der Waals surface area contributed by atoms with E-state index in [9.17, 15) is 9.59 Å². The molecule has 3 rings (SSSR count). The monoisotopic (exact) mass is 432 g/mol. The van der Waals surface area contributed by atoms with Crippen LogP contribution >= 0.6 is 0 Å². The third-order valence-electron chi connectivity index (χ3n) is 6.11. The molecule has 0 aliphatic carbocycles. The van der Waals surface area contributed by atoms with Gasteiger partial charge in [-0.15, -0.1) is 0 Å². The number of anilines is 1. The van der Waals surface area contributed by atoms with Crippen LogP contribution in [0.5, 0.6) is 0 Å². The smallest absolute Gasteiger partial charge is 0.253 e. The third-order valence-corrected chi connectivity index (χ3v) is 6.11. The largest absolute Gasteiger partial charge is 0.336 e. The highest BCUT2D eigenvalue weighted by atomic mass is 16.2. The lowest BCUT2D eigenvalue weighted by Crippen LogP contribution is -2.55. The van der Waals surface area contributed by atoms with E-state index in [0.29, 0.717) is 44.2 Å². The molecule has 0 saturated carbocycles. The molecule has 1 saturated heterocycles. The van der Waals surface area contributed by atoms with Crippen molar-refractivity contribution in [1.82, 2.24) is 9.80 Å². The standard InChI is InChI=1S/C26H32N4O2/c1-20(2)22-10-12-23(13-11-22)26(32)29-18-16-28(17-19-29)21(3)25(31)30(15-7-14-27)24-8-5-4-6-9-24/h4-6,8-13,20-21H,7,15-19H2,1-3H3. The quantitative estimate of drug-likeness (QED) is 0.665. The Morgan fingerprint density at radius 3 is 2.16 bits per heavy atom. The molecule has 2 amide bonds. The van der Waals surface area contributed by atoms with E-state index in [1.165, 1.54) is 5.56 Å². The number of hydrogen-bond donors (Lipinski definition) is 0. The lowest BCUT2D eigenvalue weighted by atomic mass is 10.0. The van der Waals surface area contributed by atoms with Gasteiger partial charge in [-0.1, -0.05) is 44.2 Å². The highest BCUT2D eigenvalue weighted by molar-refractivity contribution is 5.97. The molecule has 0 radical (unpaired) electrons. The molecule has 6 heteroatoms. The highest BCUT2D eigenvalue weighted by Gasteiger charge is 2.30. The van der Waals surface area contributed by atoms with Crippen LogP contribution in [0.4, 0.5) is 5.69 Å². The van der Waals surface area contributed by atoms with Gasteiger partial charge >= 0.3 is 0 Å². The van der Waals surface area contributed by atoms with Crippen molar-refractivity contribution >= 4 is 17.5 Å². The van der Waals surface area contributed by atoms with Crippen molar-refractivity contribution in [3.63, 3.8) is 0 Å². The molecule has 1 atom stereocenters. The van der Waals surface area contributed by atoms with E-state index < -0.39 is 0 Å². The van der Waals surface area contributed by atoms with Gasteiger partial charge in [0.15, 0.2) is 0 Å². The summed E-state index contributed by atoms with van der Waals surface area (Å²) in [5.74, 6) is 0.458. The van der Waals surface area contributed by atoms with Crippen LogP contribution < -0.4 is 4.90 Å². The Balaban J connectivity index is 1.61. The summed E-state index contributed by atoms with van der Waals surface area (Å²) in [6.07, 6.45) is 0.283. The second kappa shape index (κ2) is 10.9. The first-order valence-electron chi connectivity index (χ1n) is 11.3. The van der Waals surface area contributed by atoms with Crippen LogP contribution in [-0.2, 0) is 4.79 Å². The molecule has 0 spiro atoms. The van der Waals surface area contributed by atoms with Gasteiger partial charge in [0.05, 0.1) is 18.5 Å². The number of rotatable bonds is 7. The number of carbonyl (C=O) groups excluding carboxylic acids is 2. The maximum atomic E-state index is 13.3. The summed E-state index contributed by atoms with van der Waals surface area (Å²) in [5, 5.41) is 9.01. The predicted molar refractivity (Wildman–Crippen MR) is 126 cm³/mol. The van der Waals surface area contributed by atoms with Gasteiger partial charge in [-0.05, 0) is 42.7 Å². The number of piperazine rings is 1. The average Bonchev–Trinajstić information content (AvgIpc) is 2.84. The predicted octanol–water partition coefficient (Wildman–Crippen LogP) is 3.90. The van der Waals surface area contributed by atoms with Crippen LogP contribution in [0.3, 0.4) is 0 Å². The molecule has 1 fully saturated rings. The molecule has 32 heavy (non-hydrogen) atoms. The van der Waals surface area contributed by atoms with Crippen molar-refractivity contribution in [2.45, 2.75) is 39.2 Å². The summed E-state index contributed by atoms with van der Waals surface area (Å²) >= 11 is 0. The zero-order valence-electron chi connectivity index (χ0n) is 19.2. The van der Waals surface area contributed by atoms with E-state index >= 15 is 0 Å². The topological polar surface area (TPSA) is 67.7 Å². The van der Waals surface area contributed by atoms with E-state index in [-0.39, 0.29) is 24.3 Å². The lowest BCUT2D eigenvalue weighted by Gasteiger charge is -2.39. The van der Waals surface area contributed by atoms with E-state index in [1.54, 1.807) is 4.90 Å². The normalized spacial score (nSPS) is 15.3. The molecule has 2 aromatic carbocycles. The molecule has 1 heterocycles. The molecule has 2 aromatic rings. The Morgan fingerprint density at radius 2 is 1.59 bits per heavy atom. The molecule has 0 N–H and O–H groups in total. The van der Waals surface area contributed by atoms with E-state index in [0.717, 1.165) is 5.69 Å². The summed E-state index contributed by atoms with van der Waals surface area (Å²) in [6.45, 7) is 9.02. The SMILES string of the molecule is CC(C)c1ccc(C(=O)N2CCN(C(C)C(=O)N(CCC#N)c3ccccc3)CC2)cc1. The lowest BCUT2D eigenvalue weighted by molar-refractivity contribution is -0.123. The first-order valence-corrected chi connectivity index (χ1v) is 11.3. The van der Waals surface area contributed by atoms with Gasteiger partial charge in [0.1, 0.15) is 0 Å². The van der Waals surface area contributed by atoms with Gasteiger partial charge in [0.25, 0.3) is 5.91 Å². The molecule has 0 bridgehead atoms.